The van der Waals surface area contributed by atoms with Gasteiger partial charge in [0, 0.05) is 19.1 Å². The average Bonchev–Trinajstić information content (AvgIpc) is 2.34. The third kappa shape index (κ3) is 2.71. The van der Waals surface area contributed by atoms with Crippen LogP contribution in [0.3, 0.4) is 0 Å². The smallest absolute Gasteiger partial charge is 0.118 e. The van der Waals surface area contributed by atoms with E-state index in [-0.39, 0.29) is 5.83 Å². The summed E-state index contributed by atoms with van der Waals surface area (Å²) < 4.78 is 18.3. The lowest BCUT2D eigenvalue weighted by atomic mass is 9.89. The van der Waals surface area contributed by atoms with Gasteiger partial charge in [-0.25, -0.2) is 4.39 Å². The van der Waals surface area contributed by atoms with Crippen molar-refractivity contribution >= 4 is 0 Å². The first kappa shape index (κ1) is 11.8. The molecular formula is C13H20FNO. The second-order valence-corrected chi connectivity index (χ2v) is 4.47. The summed E-state index contributed by atoms with van der Waals surface area (Å²) in [5.74, 6) is 0.371. The third-order valence-corrected chi connectivity index (χ3v) is 3.51. The van der Waals surface area contributed by atoms with E-state index in [2.05, 4.69) is 11.8 Å². The lowest BCUT2D eigenvalue weighted by molar-refractivity contribution is 0.00654. The molecule has 0 radical (unpaired) electrons. The molecular weight excluding hydrogens is 205 g/mol. The molecule has 2 rings (SSSR count). The van der Waals surface area contributed by atoms with E-state index in [1.807, 2.05) is 6.08 Å². The van der Waals surface area contributed by atoms with Crippen LogP contribution < -0.4 is 0 Å². The van der Waals surface area contributed by atoms with E-state index in [1.54, 1.807) is 12.2 Å². The number of rotatable bonds is 3. The fourth-order valence-electron chi connectivity index (χ4n) is 2.64. The van der Waals surface area contributed by atoms with E-state index in [9.17, 15) is 4.39 Å². The fraction of sp³-hybridized carbons (Fsp3) is 0.692. The Bertz CT molecular complexity index is 282. The van der Waals surface area contributed by atoms with Crippen LogP contribution in [-0.4, -0.2) is 37.2 Å². The normalized spacial score (nSPS) is 28.9. The van der Waals surface area contributed by atoms with Crippen LogP contribution in [0.5, 0.6) is 0 Å². The Balaban J connectivity index is 1.96. The summed E-state index contributed by atoms with van der Waals surface area (Å²) in [5.41, 5.74) is 0. The maximum absolute atomic E-state index is 12.9. The van der Waals surface area contributed by atoms with Crippen molar-refractivity contribution in [1.29, 1.82) is 0 Å². The van der Waals surface area contributed by atoms with Gasteiger partial charge in [-0.2, -0.15) is 0 Å². The van der Waals surface area contributed by atoms with Gasteiger partial charge >= 0.3 is 0 Å². The van der Waals surface area contributed by atoms with Gasteiger partial charge in [-0.15, -0.1) is 0 Å². The molecule has 0 aromatic rings. The molecule has 90 valence electrons. The van der Waals surface area contributed by atoms with Gasteiger partial charge in [0.25, 0.3) is 0 Å². The molecule has 0 N–H and O–H groups in total. The summed E-state index contributed by atoms with van der Waals surface area (Å²) in [6, 6.07) is 0.532. The van der Waals surface area contributed by atoms with Crippen LogP contribution >= 0.6 is 0 Å². The summed E-state index contributed by atoms with van der Waals surface area (Å²) in [6.07, 6.45) is 7.28. The van der Waals surface area contributed by atoms with Gasteiger partial charge in [0.05, 0.1) is 13.2 Å². The van der Waals surface area contributed by atoms with Gasteiger partial charge in [-0.1, -0.05) is 13.0 Å². The quantitative estimate of drug-likeness (QED) is 0.732. The molecule has 2 aliphatic rings. The van der Waals surface area contributed by atoms with Crippen molar-refractivity contribution < 1.29 is 9.13 Å². The summed E-state index contributed by atoms with van der Waals surface area (Å²) in [4.78, 5) is 2.48. The van der Waals surface area contributed by atoms with Crippen molar-refractivity contribution in [2.24, 2.45) is 5.92 Å². The van der Waals surface area contributed by atoms with Crippen molar-refractivity contribution in [3.05, 3.63) is 24.1 Å². The molecule has 0 aromatic carbocycles. The number of morpholine rings is 1. The first-order chi connectivity index (χ1) is 7.81. The molecule has 2 nitrogen and oxygen atoms in total. The topological polar surface area (TPSA) is 12.5 Å². The first-order valence-electron chi connectivity index (χ1n) is 6.17. The molecule has 0 amide bonds. The second kappa shape index (κ2) is 5.60. The fourth-order valence-corrected chi connectivity index (χ4v) is 2.64. The van der Waals surface area contributed by atoms with E-state index in [4.69, 9.17) is 4.74 Å². The van der Waals surface area contributed by atoms with Crippen LogP contribution in [0.15, 0.2) is 24.1 Å². The zero-order valence-corrected chi connectivity index (χ0v) is 9.86. The summed E-state index contributed by atoms with van der Waals surface area (Å²) >= 11 is 0. The van der Waals surface area contributed by atoms with Crippen molar-refractivity contribution in [2.75, 3.05) is 26.3 Å². The van der Waals surface area contributed by atoms with Gasteiger partial charge in [-0.3, -0.25) is 4.90 Å². The highest BCUT2D eigenvalue weighted by atomic mass is 19.1. The lowest BCUT2D eigenvalue weighted by Gasteiger charge is -2.38. The molecule has 3 heteroatoms. The van der Waals surface area contributed by atoms with Crippen LogP contribution in [-0.2, 0) is 4.74 Å². The minimum Gasteiger partial charge on any atom is -0.379 e. The zero-order chi connectivity index (χ0) is 11.4. The Kier molecular flexibility index (Phi) is 4.13. The SMILES string of the molecule is CCC(C1C=CC(F)=CC1)N1CCOCC1. The molecule has 16 heavy (non-hydrogen) atoms. The van der Waals surface area contributed by atoms with E-state index >= 15 is 0 Å². The van der Waals surface area contributed by atoms with E-state index in [1.165, 1.54) is 0 Å². The standard InChI is InChI=1S/C13H20FNO/c1-2-13(15-7-9-16-10-8-15)11-3-5-12(14)6-4-11/h3,5-6,11,13H,2,4,7-10H2,1H3. The molecule has 2 atom stereocenters. The molecule has 0 spiro atoms. The van der Waals surface area contributed by atoms with Crippen LogP contribution in [0.25, 0.3) is 0 Å². The Morgan fingerprint density at radius 1 is 1.50 bits per heavy atom. The molecule has 1 fully saturated rings. The van der Waals surface area contributed by atoms with Crippen LogP contribution in [0.2, 0.25) is 0 Å². The largest absolute Gasteiger partial charge is 0.379 e. The predicted octanol–water partition coefficient (Wildman–Crippen LogP) is 2.53. The predicted molar refractivity (Wildman–Crippen MR) is 62.9 cm³/mol. The molecule has 1 aliphatic heterocycles. The molecule has 0 aromatic heterocycles. The molecule has 1 aliphatic carbocycles. The third-order valence-electron chi connectivity index (χ3n) is 3.51. The maximum atomic E-state index is 12.9. The molecule has 1 saturated heterocycles. The maximum Gasteiger partial charge on any atom is 0.118 e. The minimum absolute atomic E-state index is 0.0897. The number of ether oxygens (including phenoxy) is 1. The lowest BCUT2D eigenvalue weighted by Crippen LogP contribution is -2.46. The van der Waals surface area contributed by atoms with Crippen molar-refractivity contribution in [1.82, 2.24) is 4.90 Å². The Morgan fingerprint density at radius 2 is 2.25 bits per heavy atom. The highest BCUT2D eigenvalue weighted by Crippen LogP contribution is 2.26. The first-order valence-corrected chi connectivity index (χ1v) is 6.17. The number of nitrogens with zero attached hydrogens (tertiary/aromatic N) is 1. The van der Waals surface area contributed by atoms with Crippen molar-refractivity contribution in [3.63, 3.8) is 0 Å². The Labute approximate surface area is 96.8 Å². The van der Waals surface area contributed by atoms with Crippen molar-refractivity contribution in [2.45, 2.75) is 25.8 Å². The Hall–Kier alpha value is -0.670. The van der Waals surface area contributed by atoms with E-state index in [0.29, 0.717) is 12.0 Å². The number of hydrogen-bond donors (Lipinski definition) is 0. The Morgan fingerprint density at radius 3 is 2.81 bits per heavy atom. The summed E-state index contributed by atoms with van der Waals surface area (Å²) in [7, 11) is 0. The molecule has 1 heterocycles. The molecule has 0 bridgehead atoms. The molecule has 0 saturated carbocycles. The molecule has 2 unspecified atom stereocenters. The van der Waals surface area contributed by atoms with Gasteiger partial charge in [0.1, 0.15) is 5.83 Å². The van der Waals surface area contributed by atoms with E-state index < -0.39 is 0 Å². The average molecular weight is 225 g/mol. The summed E-state index contributed by atoms with van der Waals surface area (Å²) in [5, 5.41) is 0. The highest BCUT2D eigenvalue weighted by Gasteiger charge is 2.26. The zero-order valence-electron chi connectivity index (χ0n) is 9.86. The van der Waals surface area contributed by atoms with Gasteiger partial charge in [0.2, 0.25) is 0 Å². The number of hydrogen-bond acceptors (Lipinski definition) is 2. The van der Waals surface area contributed by atoms with Gasteiger partial charge in [-0.05, 0) is 30.9 Å². The van der Waals surface area contributed by atoms with Crippen molar-refractivity contribution in [3.8, 4) is 0 Å². The summed E-state index contributed by atoms with van der Waals surface area (Å²) in [6.45, 7) is 5.89. The van der Waals surface area contributed by atoms with Gasteiger partial charge in [0.15, 0.2) is 0 Å². The van der Waals surface area contributed by atoms with Gasteiger partial charge < -0.3 is 4.74 Å². The number of halogens is 1. The number of allylic oxidation sites excluding steroid dienone is 3. The highest BCUT2D eigenvalue weighted by molar-refractivity contribution is 5.18. The van der Waals surface area contributed by atoms with E-state index in [0.717, 1.165) is 39.1 Å². The monoisotopic (exact) mass is 225 g/mol. The second-order valence-electron chi connectivity index (χ2n) is 4.47. The minimum atomic E-state index is -0.0897. The van der Waals surface area contributed by atoms with Crippen LogP contribution in [0, 0.1) is 5.92 Å². The van der Waals surface area contributed by atoms with Crippen LogP contribution in [0.4, 0.5) is 4.39 Å². The van der Waals surface area contributed by atoms with Crippen LogP contribution in [0.1, 0.15) is 19.8 Å².